The molecule has 0 aliphatic rings. The average molecular weight is 366 g/mol. The molecule has 3 aromatic rings. The van der Waals surface area contributed by atoms with Gasteiger partial charge in [0.05, 0.1) is 24.1 Å². The van der Waals surface area contributed by atoms with Crippen molar-refractivity contribution in [1.82, 2.24) is 15.3 Å². The maximum Gasteiger partial charge on any atom is 0.221 e. The lowest BCUT2D eigenvalue weighted by atomic mass is 9.88. The number of rotatable bonds is 6. The molecule has 1 aromatic heterocycles. The summed E-state index contributed by atoms with van der Waals surface area (Å²) in [5, 5.41) is 3.62. The number of carbonyl (C=O) groups is 1. The van der Waals surface area contributed by atoms with Gasteiger partial charge in [-0.25, -0.2) is 0 Å². The molecule has 0 fully saturated rings. The van der Waals surface area contributed by atoms with Crippen molar-refractivity contribution in [3.63, 3.8) is 0 Å². The molecule has 1 heterocycles. The third-order valence-electron chi connectivity index (χ3n) is 4.16. The van der Waals surface area contributed by atoms with Crippen LogP contribution in [0.1, 0.15) is 34.9 Å². The van der Waals surface area contributed by atoms with Gasteiger partial charge in [-0.05, 0) is 30.2 Å². The fourth-order valence-electron chi connectivity index (χ4n) is 2.77. The van der Waals surface area contributed by atoms with Gasteiger partial charge in [0.25, 0.3) is 0 Å². The number of aryl methyl sites for hydroxylation is 1. The fraction of sp³-hybridized carbons (Fsp3) is 0.190. The monoisotopic (exact) mass is 365 g/mol. The molecule has 26 heavy (non-hydrogen) atoms. The molecule has 1 N–H and O–H groups in total. The highest BCUT2D eigenvalue weighted by Crippen LogP contribution is 2.28. The summed E-state index contributed by atoms with van der Waals surface area (Å²) in [7, 11) is 0. The molecule has 0 unspecified atom stereocenters. The predicted molar refractivity (Wildman–Crippen MR) is 103 cm³/mol. The van der Waals surface area contributed by atoms with Crippen LogP contribution < -0.4 is 5.32 Å². The molecule has 132 valence electrons. The molecule has 4 nitrogen and oxygen atoms in total. The second-order valence-corrected chi connectivity index (χ2v) is 6.58. The molecule has 1 amide bonds. The Bertz CT molecular complexity index is 849. The maximum atomic E-state index is 12.5. The number of carbonyl (C=O) groups excluding carboxylic acids is 1. The largest absolute Gasteiger partial charge is 0.350 e. The van der Waals surface area contributed by atoms with Gasteiger partial charge in [-0.3, -0.25) is 14.8 Å². The van der Waals surface area contributed by atoms with Crippen LogP contribution in [0.15, 0.2) is 67.0 Å². The molecular weight excluding hydrogens is 346 g/mol. The van der Waals surface area contributed by atoms with Crippen LogP contribution in [0.25, 0.3) is 0 Å². The number of nitrogens with zero attached hydrogens (tertiary/aromatic N) is 2. The molecule has 3 rings (SSSR count). The van der Waals surface area contributed by atoms with Gasteiger partial charge in [0.15, 0.2) is 0 Å². The molecule has 0 aliphatic heterocycles. The minimum Gasteiger partial charge on any atom is -0.350 e. The molecule has 0 bridgehead atoms. The Balaban J connectivity index is 1.71. The molecule has 0 saturated heterocycles. The van der Waals surface area contributed by atoms with E-state index in [1.165, 1.54) is 0 Å². The summed E-state index contributed by atoms with van der Waals surface area (Å²) in [6.07, 6.45) is 3.73. The average Bonchev–Trinajstić information content (AvgIpc) is 2.67. The topological polar surface area (TPSA) is 54.9 Å². The molecule has 0 radical (unpaired) electrons. The quantitative estimate of drug-likeness (QED) is 0.709. The summed E-state index contributed by atoms with van der Waals surface area (Å²) < 4.78 is 0. The number of hydrogen-bond acceptors (Lipinski definition) is 3. The summed E-state index contributed by atoms with van der Waals surface area (Å²) in [6, 6.07) is 17.7. The first-order valence-corrected chi connectivity index (χ1v) is 8.84. The minimum atomic E-state index is -0.0313. The van der Waals surface area contributed by atoms with Crippen LogP contribution in [-0.4, -0.2) is 15.9 Å². The summed E-state index contributed by atoms with van der Waals surface area (Å²) >= 11 is 6.00. The van der Waals surface area contributed by atoms with Crippen LogP contribution in [0.2, 0.25) is 5.02 Å². The number of halogens is 1. The zero-order valence-electron chi connectivity index (χ0n) is 14.5. The first-order chi connectivity index (χ1) is 12.6. The maximum absolute atomic E-state index is 12.5. The van der Waals surface area contributed by atoms with Gasteiger partial charge in [-0.15, -0.1) is 0 Å². The van der Waals surface area contributed by atoms with Gasteiger partial charge in [0.2, 0.25) is 5.91 Å². The third kappa shape index (κ3) is 4.90. The van der Waals surface area contributed by atoms with Crippen molar-refractivity contribution in [3.8, 4) is 0 Å². The zero-order valence-corrected chi connectivity index (χ0v) is 15.3. The van der Waals surface area contributed by atoms with E-state index < -0.39 is 0 Å². The van der Waals surface area contributed by atoms with Crippen molar-refractivity contribution >= 4 is 17.5 Å². The Labute approximate surface area is 158 Å². The third-order valence-corrected chi connectivity index (χ3v) is 4.42. The van der Waals surface area contributed by atoms with E-state index in [-0.39, 0.29) is 11.8 Å². The van der Waals surface area contributed by atoms with Crippen LogP contribution in [-0.2, 0) is 11.3 Å². The number of hydrogen-bond donors (Lipinski definition) is 1. The Morgan fingerprint density at radius 1 is 1.00 bits per heavy atom. The van der Waals surface area contributed by atoms with E-state index in [1.54, 1.807) is 12.4 Å². The SMILES string of the molecule is Cc1cnc(CNC(=O)C[C@H](c2ccccc2)c2ccc(Cl)cc2)cn1. The number of nitrogens with one attached hydrogen (secondary N) is 1. The van der Waals surface area contributed by atoms with Crippen LogP contribution in [0.5, 0.6) is 0 Å². The van der Waals surface area contributed by atoms with Gasteiger partial charge < -0.3 is 5.32 Å². The van der Waals surface area contributed by atoms with E-state index in [0.29, 0.717) is 18.0 Å². The number of aromatic nitrogens is 2. The first kappa shape index (κ1) is 18.1. The van der Waals surface area contributed by atoms with E-state index in [2.05, 4.69) is 15.3 Å². The summed E-state index contributed by atoms with van der Waals surface area (Å²) in [6.45, 7) is 2.25. The van der Waals surface area contributed by atoms with E-state index in [4.69, 9.17) is 11.6 Å². The summed E-state index contributed by atoms with van der Waals surface area (Å²) in [5.41, 5.74) is 3.75. The van der Waals surface area contributed by atoms with Gasteiger partial charge in [-0.1, -0.05) is 54.1 Å². The molecule has 1 atom stereocenters. The predicted octanol–water partition coefficient (Wildman–Crippen LogP) is 4.28. The van der Waals surface area contributed by atoms with Crippen molar-refractivity contribution in [2.24, 2.45) is 0 Å². The van der Waals surface area contributed by atoms with Crippen molar-refractivity contribution < 1.29 is 4.79 Å². The van der Waals surface area contributed by atoms with Crippen molar-refractivity contribution in [1.29, 1.82) is 0 Å². The van der Waals surface area contributed by atoms with E-state index in [0.717, 1.165) is 22.5 Å². The lowest BCUT2D eigenvalue weighted by Gasteiger charge is -2.18. The number of benzene rings is 2. The van der Waals surface area contributed by atoms with Crippen LogP contribution >= 0.6 is 11.6 Å². The van der Waals surface area contributed by atoms with Gasteiger partial charge >= 0.3 is 0 Å². The van der Waals surface area contributed by atoms with E-state index >= 15 is 0 Å². The highest BCUT2D eigenvalue weighted by Gasteiger charge is 2.18. The molecular formula is C21H20ClN3O. The second kappa shape index (κ2) is 8.59. The van der Waals surface area contributed by atoms with Crippen LogP contribution in [0.4, 0.5) is 0 Å². The lowest BCUT2D eigenvalue weighted by molar-refractivity contribution is -0.121. The van der Waals surface area contributed by atoms with E-state index in [1.807, 2.05) is 61.5 Å². The van der Waals surface area contributed by atoms with Crippen LogP contribution in [0.3, 0.4) is 0 Å². The Kier molecular flexibility index (Phi) is 5.97. The lowest BCUT2D eigenvalue weighted by Crippen LogP contribution is -2.25. The van der Waals surface area contributed by atoms with Gasteiger partial charge in [-0.2, -0.15) is 0 Å². The Morgan fingerprint density at radius 3 is 2.35 bits per heavy atom. The van der Waals surface area contributed by atoms with Gasteiger partial charge in [0.1, 0.15) is 0 Å². The van der Waals surface area contributed by atoms with Crippen molar-refractivity contribution in [2.75, 3.05) is 0 Å². The Hall–Kier alpha value is -2.72. The molecule has 2 aromatic carbocycles. The minimum absolute atomic E-state index is 0.0300. The summed E-state index contributed by atoms with van der Waals surface area (Å²) in [5.74, 6) is -0.0613. The van der Waals surface area contributed by atoms with Crippen molar-refractivity contribution in [2.45, 2.75) is 25.8 Å². The smallest absolute Gasteiger partial charge is 0.221 e. The normalized spacial score (nSPS) is 11.8. The highest BCUT2D eigenvalue weighted by molar-refractivity contribution is 6.30. The molecule has 0 saturated carbocycles. The zero-order chi connectivity index (χ0) is 18.4. The summed E-state index contributed by atoms with van der Waals surface area (Å²) in [4.78, 5) is 21.0. The standard InChI is InChI=1S/C21H20ClN3O/c1-15-12-24-19(13-23-15)14-25-21(26)11-20(16-5-3-2-4-6-16)17-7-9-18(22)10-8-17/h2-10,12-13,20H,11,14H2,1H3,(H,25,26)/t20-/m1/s1. The molecule has 0 spiro atoms. The first-order valence-electron chi connectivity index (χ1n) is 8.46. The number of amides is 1. The van der Waals surface area contributed by atoms with Crippen LogP contribution in [0, 0.1) is 6.92 Å². The van der Waals surface area contributed by atoms with Crippen molar-refractivity contribution in [3.05, 3.63) is 94.5 Å². The molecule has 5 heteroatoms. The van der Waals surface area contributed by atoms with Gasteiger partial charge in [0, 0.05) is 23.6 Å². The van der Waals surface area contributed by atoms with E-state index in [9.17, 15) is 4.79 Å². The fourth-order valence-corrected chi connectivity index (χ4v) is 2.89. The molecule has 0 aliphatic carbocycles. The second-order valence-electron chi connectivity index (χ2n) is 6.14. The highest BCUT2D eigenvalue weighted by atomic mass is 35.5. The Morgan fingerprint density at radius 2 is 1.69 bits per heavy atom.